The highest BCUT2D eigenvalue weighted by molar-refractivity contribution is 7.99. The van der Waals surface area contributed by atoms with Crippen LogP contribution in [0.3, 0.4) is 0 Å². The lowest BCUT2D eigenvalue weighted by atomic mass is 9.74. The Labute approximate surface area is 340 Å². The molecule has 1 aromatic heterocycles. The number of hydrogen-bond donors (Lipinski definition) is 0. The zero-order valence-corrected chi connectivity index (χ0v) is 33.2. The lowest BCUT2D eigenvalue weighted by Gasteiger charge is -2.30. The summed E-state index contributed by atoms with van der Waals surface area (Å²) >= 11 is 1.87. The molecule has 2 aliphatic carbocycles. The highest BCUT2D eigenvalue weighted by Gasteiger charge is 2.44. The minimum atomic E-state index is 0.0110. The van der Waals surface area contributed by atoms with Gasteiger partial charge in [-0.05, 0) is 111 Å². The summed E-state index contributed by atoms with van der Waals surface area (Å²) in [6, 6.07) is 53.5. The standard InChI is InChI=1S/C54H44N2S/c1-37-16-7-6-14-33-57-53-52(37)48-35-41(27-32-51(48)56(53)42-20-10-5-11-21-42)40-19-15-22-44(34-40)55(43-28-25-39(26-29-43)38-17-8-4-9-18-38)45-30-31-47-46-23-12-13-24-49(46)54(2,3)50(47)36-45/h4-32,34-36,46,49H,1,33H2,2-3H3/b14-6-,16-7-. The van der Waals surface area contributed by atoms with Crippen molar-refractivity contribution >= 4 is 45.3 Å². The number of rotatable bonds is 6. The van der Waals surface area contributed by atoms with Crippen molar-refractivity contribution < 1.29 is 0 Å². The fourth-order valence-electron chi connectivity index (χ4n) is 9.25. The zero-order valence-electron chi connectivity index (χ0n) is 32.3. The average molecular weight is 753 g/mol. The summed E-state index contributed by atoms with van der Waals surface area (Å²) in [7, 11) is 0. The number of hydrogen-bond acceptors (Lipinski definition) is 2. The van der Waals surface area contributed by atoms with Gasteiger partial charge in [0, 0.05) is 45.4 Å². The van der Waals surface area contributed by atoms with E-state index in [1.165, 1.54) is 60.6 Å². The molecule has 0 bridgehead atoms. The number of aromatic nitrogens is 1. The minimum absolute atomic E-state index is 0.0110. The van der Waals surface area contributed by atoms with E-state index in [1.807, 2.05) is 11.8 Å². The van der Waals surface area contributed by atoms with Crippen molar-refractivity contribution in [1.29, 1.82) is 0 Å². The Morgan fingerprint density at radius 3 is 2.14 bits per heavy atom. The average Bonchev–Trinajstić information content (AvgIpc) is 3.73. The molecule has 3 heteroatoms. The van der Waals surface area contributed by atoms with E-state index in [1.54, 1.807) is 0 Å². The molecule has 0 saturated carbocycles. The molecule has 0 amide bonds. The molecule has 1 aliphatic heterocycles. The number of anilines is 3. The molecular weight excluding hydrogens is 709 g/mol. The molecule has 7 aromatic rings. The summed E-state index contributed by atoms with van der Waals surface area (Å²) in [6.07, 6.45) is 17.8. The summed E-state index contributed by atoms with van der Waals surface area (Å²) in [5.41, 5.74) is 15.6. The van der Waals surface area contributed by atoms with Crippen LogP contribution in [-0.2, 0) is 5.41 Å². The number of fused-ring (bicyclic) bond motifs is 6. The van der Waals surface area contributed by atoms with Crippen molar-refractivity contribution in [2.24, 2.45) is 5.92 Å². The van der Waals surface area contributed by atoms with Gasteiger partial charge in [0.1, 0.15) is 0 Å². The van der Waals surface area contributed by atoms with E-state index in [-0.39, 0.29) is 5.41 Å². The number of para-hydroxylation sites is 1. The van der Waals surface area contributed by atoms with Crippen molar-refractivity contribution in [2.45, 2.75) is 30.2 Å². The maximum atomic E-state index is 4.59. The third kappa shape index (κ3) is 6.14. The minimum Gasteiger partial charge on any atom is -0.310 e. The third-order valence-electron chi connectivity index (χ3n) is 12.1. The number of thioether (sulfide) groups is 1. The molecule has 2 nitrogen and oxygen atoms in total. The molecule has 57 heavy (non-hydrogen) atoms. The van der Waals surface area contributed by atoms with Crippen LogP contribution in [-0.4, -0.2) is 10.3 Å². The van der Waals surface area contributed by atoms with E-state index in [2.05, 4.69) is 224 Å². The highest BCUT2D eigenvalue weighted by Crippen LogP contribution is 2.54. The molecular formula is C54H44N2S. The van der Waals surface area contributed by atoms with Gasteiger partial charge in [0.05, 0.1) is 10.5 Å². The van der Waals surface area contributed by atoms with Crippen molar-refractivity contribution in [3.8, 4) is 27.9 Å². The van der Waals surface area contributed by atoms with E-state index >= 15 is 0 Å². The summed E-state index contributed by atoms with van der Waals surface area (Å²) in [5, 5.41) is 2.43. The zero-order chi connectivity index (χ0) is 38.5. The van der Waals surface area contributed by atoms with E-state index in [0.717, 1.165) is 28.4 Å². The van der Waals surface area contributed by atoms with Crippen LogP contribution in [0.25, 0.3) is 44.4 Å². The first-order chi connectivity index (χ1) is 28.0. The van der Waals surface area contributed by atoms with Crippen LogP contribution in [0.1, 0.15) is 36.5 Å². The molecule has 2 atom stereocenters. The molecule has 0 fully saturated rings. The molecule has 0 N–H and O–H groups in total. The maximum Gasteiger partial charge on any atom is 0.0888 e. The van der Waals surface area contributed by atoms with Gasteiger partial charge in [0.15, 0.2) is 0 Å². The second-order valence-electron chi connectivity index (χ2n) is 15.8. The Bertz CT molecular complexity index is 2780. The predicted molar refractivity (Wildman–Crippen MR) is 244 cm³/mol. The second kappa shape index (κ2) is 14.3. The van der Waals surface area contributed by atoms with Crippen LogP contribution in [0.4, 0.5) is 17.1 Å². The van der Waals surface area contributed by atoms with Gasteiger partial charge in [0.2, 0.25) is 0 Å². The Morgan fingerprint density at radius 2 is 1.32 bits per heavy atom. The van der Waals surface area contributed by atoms with Crippen LogP contribution in [0.5, 0.6) is 0 Å². The van der Waals surface area contributed by atoms with E-state index in [4.69, 9.17) is 0 Å². The van der Waals surface area contributed by atoms with Gasteiger partial charge in [-0.3, -0.25) is 0 Å². The van der Waals surface area contributed by atoms with Crippen LogP contribution >= 0.6 is 11.8 Å². The predicted octanol–water partition coefficient (Wildman–Crippen LogP) is 14.8. The Morgan fingerprint density at radius 1 is 0.632 bits per heavy atom. The SMILES string of the molecule is C=C1/C=C\C=C/CSc2c1c1cc(-c3cccc(N(c4ccc(-c5ccccc5)cc4)c4ccc5c(c4)C(C)(C)C4C=CC=CC54)c3)ccc1n2-c1ccccc1. The van der Waals surface area contributed by atoms with Gasteiger partial charge in [-0.25, -0.2) is 0 Å². The lowest BCUT2D eigenvalue weighted by Crippen LogP contribution is -2.24. The first kappa shape index (κ1) is 35.1. The summed E-state index contributed by atoms with van der Waals surface area (Å²) in [6.45, 7) is 9.41. The van der Waals surface area contributed by atoms with Crippen LogP contribution in [0, 0.1) is 5.92 Å². The molecule has 276 valence electrons. The molecule has 0 saturated heterocycles. The Kier molecular flexibility index (Phi) is 8.84. The topological polar surface area (TPSA) is 8.17 Å². The summed E-state index contributed by atoms with van der Waals surface area (Å²) < 4.78 is 2.41. The first-order valence-electron chi connectivity index (χ1n) is 19.9. The van der Waals surface area contributed by atoms with Gasteiger partial charge in [-0.15, -0.1) is 11.8 Å². The van der Waals surface area contributed by atoms with Crippen molar-refractivity contribution in [1.82, 2.24) is 4.57 Å². The summed E-state index contributed by atoms with van der Waals surface area (Å²) in [4.78, 5) is 2.43. The number of benzene rings is 6. The number of allylic oxidation sites excluding steroid dienone is 8. The highest BCUT2D eigenvalue weighted by atomic mass is 32.2. The van der Waals surface area contributed by atoms with Crippen molar-refractivity contribution in [3.63, 3.8) is 0 Å². The Balaban J connectivity index is 1.11. The van der Waals surface area contributed by atoms with E-state index in [0.29, 0.717) is 11.8 Å². The fraction of sp³-hybridized carbons (Fsp3) is 0.111. The van der Waals surface area contributed by atoms with Crippen LogP contribution in [0.2, 0.25) is 0 Å². The molecule has 2 unspecified atom stereocenters. The maximum absolute atomic E-state index is 4.59. The Hall–Kier alpha value is -6.29. The molecule has 2 heterocycles. The lowest BCUT2D eigenvalue weighted by molar-refractivity contribution is 0.394. The first-order valence-corrected chi connectivity index (χ1v) is 20.9. The van der Waals surface area contributed by atoms with Crippen molar-refractivity contribution in [2.75, 3.05) is 10.7 Å². The summed E-state index contributed by atoms with van der Waals surface area (Å²) in [5.74, 6) is 1.75. The molecule has 6 aromatic carbocycles. The quantitative estimate of drug-likeness (QED) is 0.167. The van der Waals surface area contributed by atoms with Crippen LogP contribution < -0.4 is 4.90 Å². The smallest absolute Gasteiger partial charge is 0.0888 e. The monoisotopic (exact) mass is 752 g/mol. The van der Waals surface area contributed by atoms with Gasteiger partial charge in [-0.2, -0.15) is 0 Å². The van der Waals surface area contributed by atoms with Gasteiger partial charge in [-0.1, -0.05) is 154 Å². The van der Waals surface area contributed by atoms with E-state index < -0.39 is 0 Å². The van der Waals surface area contributed by atoms with Gasteiger partial charge < -0.3 is 9.47 Å². The molecule has 3 aliphatic rings. The van der Waals surface area contributed by atoms with E-state index in [9.17, 15) is 0 Å². The third-order valence-corrected chi connectivity index (χ3v) is 13.1. The van der Waals surface area contributed by atoms with Gasteiger partial charge >= 0.3 is 0 Å². The van der Waals surface area contributed by atoms with Gasteiger partial charge in [0.25, 0.3) is 0 Å². The molecule has 0 spiro atoms. The molecule has 10 rings (SSSR count). The fourth-order valence-corrected chi connectivity index (χ4v) is 10.3. The number of nitrogens with zero attached hydrogens (tertiary/aromatic N) is 2. The second-order valence-corrected chi connectivity index (χ2v) is 16.8. The van der Waals surface area contributed by atoms with Crippen LogP contribution in [0.15, 0.2) is 206 Å². The molecule has 0 radical (unpaired) electrons. The normalized spacial score (nSPS) is 18.9. The largest absolute Gasteiger partial charge is 0.310 e. The van der Waals surface area contributed by atoms with Crippen molar-refractivity contribution in [3.05, 3.63) is 217 Å².